The van der Waals surface area contributed by atoms with Gasteiger partial charge in [0, 0.05) is 39.3 Å². The second-order valence-corrected chi connectivity index (χ2v) is 11.2. The van der Waals surface area contributed by atoms with Crippen LogP contribution in [0.1, 0.15) is 65.0 Å². The Morgan fingerprint density at radius 3 is 2.24 bits per heavy atom. The molecule has 2 heterocycles. The summed E-state index contributed by atoms with van der Waals surface area (Å²) in [6.45, 7) is 8.60. The Morgan fingerprint density at radius 2 is 1.60 bits per heavy atom. The lowest BCUT2D eigenvalue weighted by Gasteiger charge is -2.46. The van der Waals surface area contributed by atoms with Gasteiger partial charge < -0.3 is 33.5 Å². The summed E-state index contributed by atoms with van der Waals surface area (Å²) in [6, 6.07) is 3.86. The third kappa shape index (κ3) is 7.33. The van der Waals surface area contributed by atoms with Gasteiger partial charge in [0.25, 0.3) is 0 Å². The predicted octanol–water partition coefficient (Wildman–Crippen LogP) is 2.44. The van der Waals surface area contributed by atoms with Crippen molar-refractivity contribution in [3.63, 3.8) is 0 Å². The first-order valence-electron chi connectivity index (χ1n) is 14.5. The lowest BCUT2D eigenvalue weighted by molar-refractivity contribution is -0.288. The predicted molar refractivity (Wildman–Crippen MR) is 146 cm³/mol. The van der Waals surface area contributed by atoms with E-state index in [1.165, 1.54) is 13.8 Å². The SMILES string of the molecule is CCCN1CCC[C@@H]2Cc3c(ccc(O)c3O[C@@H]3O[C@H](COC(C)=O)[C@@H](OC(C)=O)[C@H](OC(C)=O)[C@H]3OC(C)=O)C[C@H]21. The Kier molecular flexibility index (Phi) is 10.3. The van der Waals surface area contributed by atoms with Gasteiger partial charge in [0.05, 0.1) is 0 Å². The second kappa shape index (κ2) is 13.7. The van der Waals surface area contributed by atoms with Crippen molar-refractivity contribution in [2.45, 2.75) is 103 Å². The highest BCUT2D eigenvalue weighted by Gasteiger charge is 2.54. The number of likely N-dealkylation sites (tertiary alicyclic amines) is 1. The fourth-order valence-electron chi connectivity index (χ4n) is 6.40. The molecule has 1 aromatic carbocycles. The number of phenols is 1. The number of carbonyl (C=O) groups excluding carboxylic acids is 4. The van der Waals surface area contributed by atoms with Crippen molar-refractivity contribution in [3.05, 3.63) is 23.3 Å². The molecule has 0 radical (unpaired) electrons. The molecule has 1 aromatic rings. The van der Waals surface area contributed by atoms with E-state index in [2.05, 4.69) is 11.8 Å². The van der Waals surface area contributed by atoms with E-state index in [0.29, 0.717) is 18.4 Å². The van der Waals surface area contributed by atoms with Crippen molar-refractivity contribution >= 4 is 23.9 Å². The highest BCUT2D eigenvalue weighted by atomic mass is 16.7. The number of phenolic OH excluding ortho intramolecular Hbond substituents is 1. The van der Waals surface area contributed by atoms with Crippen LogP contribution in [0.4, 0.5) is 0 Å². The molecule has 0 spiro atoms. The molecule has 7 atom stereocenters. The molecule has 0 amide bonds. The van der Waals surface area contributed by atoms with Crippen LogP contribution < -0.4 is 4.74 Å². The standard InChI is InChI=1S/C30H41NO11/c1-6-11-31-12-7-8-21-13-22-20(14-23(21)31)9-10-24(36)26(22)42-30-29(40-19(5)35)28(39-18(4)34)27(38-17(3)33)25(41-30)15-37-16(2)32/h9-10,21,23,25,27-30,36H,6-8,11-15H2,1-5H3/t21-,23-,25-,27-,28+,29-,30+/m1/s1. The summed E-state index contributed by atoms with van der Waals surface area (Å²) in [5.41, 5.74) is 1.88. The molecular weight excluding hydrogens is 550 g/mol. The maximum atomic E-state index is 12.2. The maximum Gasteiger partial charge on any atom is 0.303 e. The summed E-state index contributed by atoms with van der Waals surface area (Å²) >= 11 is 0. The van der Waals surface area contributed by atoms with Crippen LogP contribution in [0.15, 0.2) is 12.1 Å². The number of benzene rings is 1. The fraction of sp³-hybridized carbons (Fsp3) is 0.667. The Labute approximate surface area is 245 Å². The van der Waals surface area contributed by atoms with Crippen LogP contribution >= 0.6 is 0 Å². The van der Waals surface area contributed by atoms with Crippen molar-refractivity contribution in [1.29, 1.82) is 0 Å². The number of fused-ring (bicyclic) bond motifs is 2. The molecule has 232 valence electrons. The van der Waals surface area contributed by atoms with E-state index in [1.54, 1.807) is 6.07 Å². The fourth-order valence-corrected chi connectivity index (χ4v) is 6.40. The van der Waals surface area contributed by atoms with Gasteiger partial charge >= 0.3 is 23.9 Å². The van der Waals surface area contributed by atoms with Gasteiger partial charge in [0.1, 0.15) is 12.7 Å². The number of carbonyl (C=O) groups is 4. The van der Waals surface area contributed by atoms with Crippen molar-refractivity contribution in [1.82, 2.24) is 4.90 Å². The molecule has 12 nitrogen and oxygen atoms in total. The molecule has 42 heavy (non-hydrogen) atoms. The minimum absolute atomic E-state index is 0.124. The Hall–Kier alpha value is -3.38. The summed E-state index contributed by atoms with van der Waals surface area (Å²) < 4.78 is 34.1. The molecule has 2 aliphatic heterocycles. The van der Waals surface area contributed by atoms with Gasteiger partial charge in [0.15, 0.2) is 23.7 Å². The zero-order valence-electron chi connectivity index (χ0n) is 24.8. The maximum absolute atomic E-state index is 12.2. The normalized spacial score (nSPS) is 28.9. The summed E-state index contributed by atoms with van der Waals surface area (Å²) in [5.74, 6) is -2.37. The van der Waals surface area contributed by atoms with Crippen LogP contribution in [0.5, 0.6) is 11.5 Å². The summed E-state index contributed by atoms with van der Waals surface area (Å²) in [5, 5.41) is 11.0. The number of piperidine rings is 1. The van der Waals surface area contributed by atoms with E-state index >= 15 is 0 Å². The minimum atomic E-state index is -1.41. The van der Waals surface area contributed by atoms with Crippen LogP contribution in [0.3, 0.4) is 0 Å². The van der Waals surface area contributed by atoms with Gasteiger partial charge in [-0.1, -0.05) is 13.0 Å². The van der Waals surface area contributed by atoms with Gasteiger partial charge in [-0.15, -0.1) is 0 Å². The average Bonchev–Trinajstić information content (AvgIpc) is 2.91. The first kappa shape index (κ1) is 31.6. The molecule has 0 saturated carbocycles. The van der Waals surface area contributed by atoms with Crippen LogP contribution in [-0.4, -0.2) is 90.3 Å². The summed E-state index contributed by atoms with van der Waals surface area (Å²) in [4.78, 5) is 50.5. The van der Waals surface area contributed by atoms with Gasteiger partial charge in [-0.3, -0.25) is 24.1 Å². The molecule has 0 aromatic heterocycles. The third-order valence-corrected chi connectivity index (χ3v) is 7.96. The van der Waals surface area contributed by atoms with Crippen molar-refractivity contribution in [2.24, 2.45) is 5.92 Å². The Morgan fingerprint density at radius 1 is 0.929 bits per heavy atom. The van der Waals surface area contributed by atoms with E-state index < -0.39 is 54.6 Å². The van der Waals surface area contributed by atoms with Crippen LogP contribution in [-0.2, 0) is 55.7 Å². The van der Waals surface area contributed by atoms with E-state index in [-0.39, 0.29) is 18.1 Å². The number of nitrogens with zero attached hydrogens (tertiary/aromatic N) is 1. The van der Waals surface area contributed by atoms with E-state index in [0.717, 1.165) is 63.7 Å². The number of hydrogen-bond acceptors (Lipinski definition) is 12. The first-order chi connectivity index (χ1) is 20.0. The molecule has 1 aliphatic carbocycles. The molecule has 4 rings (SSSR count). The van der Waals surface area contributed by atoms with Crippen molar-refractivity contribution in [3.8, 4) is 11.5 Å². The smallest absolute Gasteiger partial charge is 0.303 e. The lowest BCUT2D eigenvalue weighted by Crippen LogP contribution is -2.63. The average molecular weight is 592 g/mol. The third-order valence-electron chi connectivity index (χ3n) is 7.96. The molecule has 2 saturated heterocycles. The van der Waals surface area contributed by atoms with E-state index in [1.807, 2.05) is 6.07 Å². The van der Waals surface area contributed by atoms with Crippen LogP contribution in [0.25, 0.3) is 0 Å². The monoisotopic (exact) mass is 591 g/mol. The highest BCUT2D eigenvalue weighted by molar-refractivity contribution is 5.68. The zero-order valence-corrected chi connectivity index (χ0v) is 24.8. The van der Waals surface area contributed by atoms with Crippen molar-refractivity contribution in [2.75, 3.05) is 19.7 Å². The van der Waals surface area contributed by atoms with Crippen LogP contribution in [0, 0.1) is 5.92 Å². The lowest BCUT2D eigenvalue weighted by atomic mass is 9.75. The first-order valence-corrected chi connectivity index (χ1v) is 14.5. The van der Waals surface area contributed by atoms with Gasteiger partial charge in [-0.05, 0) is 62.7 Å². The summed E-state index contributed by atoms with van der Waals surface area (Å²) in [6.07, 6.45) is -1.90. The largest absolute Gasteiger partial charge is 0.504 e. The number of ether oxygens (including phenoxy) is 6. The molecule has 2 fully saturated rings. The van der Waals surface area contributed by atoms with Crippen LogP contribution in [0.2, 0.25) is 0 Å². The molecule has 1 N–H and O–H groups in total. The molecular formula is C30H41NO11. The minimum Gasteiger partial charge on any atom is -0.504 e. The van der Waals surface area contributed by atoms with E-state index in [4.69, 9.17) is 28.4 Å². The van der Waals surface area contributed by atoms with Crippen molar-refractivity contribution < 1.29 is 52.7 Å². The number of esters is 4. The molecule has 12 heteroatoms. The molecule has 0 bridgehead atoms. The highest BCUT2D eigenvalue weighted by Crippen LogP contribution is 2.44. The zero-order chi connectivity index (χ0) is 30.6. The number of aromatic hydroxyl groups is 1. The quantitative estimate of drug-likeness (QED) is 0.332. The van der Waals surface area contributed by atoms with Gasteiger partial charge in [0.2, 0.25) is 12.4 Å². The second-order valence-electron chi connectivity index (χ2n) is 11.2. The Bertz CT molecular complexity index is 1170. The number of rotatable bonds is 9. The Balaban J connectivity index is 1.71. The van der Waals surface area contributed by atoms with Gasteiger partial charge in [-0.25, -0.2) is 0 Å². The topological polar surface area (TPSA) is 147 Å². The number of hydrogen-bond donors (Lipinski definition) is 1. The summed E-state index contributed by atoms with van der Waals surface area (Å²) in [7, 11) is 0. The molecule has 3 aliphatic rings. The van der Waals surface area contributed by atoms with E-state index in [9.17, 15) is 24.3 Å². The molecule has 0 unspecified atom stereocenters. The van der Waals surface area contributed by atoms with Gasteiger partial charge in [-0.2, -0.15) is 0 Å².